The summed E-state index contributed by atoms with van der Waals surface area (Å²) in [7, 11) is 0. The van der Waals surface area contributed by atoms with Crippen molar-refractivity contribution in [2.45, 2.75) is 45.8 Å². The quantitative estimate of drug-likeness (QED) is 0.833. The van der Waals surface area contributed by atoms with E-state index >= 15 is 0 Å². The lowest BCUT2D eigenvalue weighted by Gasteiger charge is -2.19. The van der Waals surface area contributed by atoms with E-state index in [9.17, 15) is 4.39 Å². The summed E-state index contributed by atoms with van der Waals surface area (Å²) >= 11 is 0. The number of rotatable bonds is 5. The van der Waals surface area contributed by atoms with Gasteiger partial charge < -0.3 is 10.5 Å². The minimum Gasteiger partial charge on any atom is -0.490 e. The Kier molecular flexibility index (Phi) is 4.74. The van der Waals surface area contributed by atoms with Gasteiger partial charge in [-0.2, -0.15) is 0 Å². The van der Waals surface area contributed by atoms with E-state index in [1.807, 2.05) is 6.92 Å². The topological polar surface area (TPSA) is 35.2 Å². The van der Waals surface area contributed by atoms with Crippen LogP contribution in [0.2, 0.25) is 0 Å². The molecule has 1 rings (SSSR count). The predicted octanol–water partition coefficient (Wildman–Crippen LogP) is 3.41. The first-order valence-corrected chi connectivity index (χ1v) is 5.80. The fourth-order valence-corrected chi connectivity index (χ4v) is 1.62. The zero-order valence-corrected chi connectivity index (χ0v) is 10.2. The highest BCUT2D eigenvalue weighted by molar-refractivity contribution is 5.36. The van der Waals surface area contributed by atoms with Gasteiger partial charge in [0, 0.05) is 11.6 Å². The molecule has 16 heavy (non-hydrogen) atoms. The smallest absolute Gasteiger partial charge is 0.124 e. The molecule has 0 fully saturated rings. The van der Waals surface area contributed by atoms with Crippen molar-refractivity contribution in [2.24, 2.45) is 5.73 Å². The van der Waals surface area contributed by atoms with Crippen LogP contribution >= 0.6 is 0 Å². The normalized spacial score (nSPS) is 12.9. The van der Waals surface area contributed by atoms with Crippen molar-refractivity contribution in [3.8, 4) is 5.75 Å². The van der Waals surface area contributed by atoms with Crippen LogP contribution in [-0.4, -0.2) is 6.10 Å². The van der Waals surface area contributed by atoms with E-state index in [0.717, 1.165) is 18.4 Å². The molecule has 0 radical (unpaired) electrons. The summed E-state index contributed by atoms with van der Waals surface area (Å²) in [6.07, 6.45) is 2.04. The number of nitrogens with two attached hydrogens (primary N) is 1. The minimum absolute atomic E-state index is 0.169. The van der Waals surface area contributed by atoms with Gasteiger partial charge in [0.1, 0.15) is 11.6 Å². The number of ether oxygens (including phenoxy) is 1. The third kappa shape index (κ3) is 3.20. The molecule has 0 aliphatic rings. The Morgan fingerprint density at radius 1 is 1.31 bits per heavy atom. The van der Waals surface area contributed by atoms with E-state index in [2.05, 4.69) is 13.8 Å². The molecule has 90 valence electrons. The summed E-state index contributed by atoms with van der Waals surface area (Å²) in [5.74, 6) is 0.425. The Balaban J connectivity index is 2.94. The molecule has 3 heteroatoms. The van der Waals surface area contributed by atoms with Gasteiger partial charge in [-0.05, 0) is 38.0 Å². The van der Waals surface area contributed by atoms with E-state index in [4.69, 9.17) is 10.5 Å². The van der Waals surface area contributed by atoms with Crippen LogP contribution in [0, 0.1) is 5.82 Å². The van der Waals surface area contributed by atoms with Crippen LogP contribution in [-0.2, 0) is 0 Å². The molecule has 1 aromatic carbocycles. The molecular formula is C13H20FNO. The number of hydrogen-bond donors (Lipinski definition) is 1. The third-order valence-corrected chi connectivity index (χ3v) is 2.67. The molecule has 2 nitrogen and oxygen atoms in total. The maximum Gasteiger partial charge on any atom is 0.124 e. The fraction of sp³-hybridized carbons (Fsp3) is 0.538. The molecule has 0 aliphatic carbocycles. The van der Waals surface area contributed by atoms with Crippen molar-refractivity contribution in [3.05, 3.63) is 29.6 Å². The molecule has 0 bridgehead atoms. The zero-order chi connectivity index (χ0) is 12.1. The molecule has 0 aliphatic heterocycles. The first-order valence-electron chi connectivity index (χ1n) is 5.80. The van der Waals surface area contributed by atoms with Crippen molar-refractivity contribution < 1.29 is 9.13 Å². The van der Waals surface area contributed by atoms with Gasteiger partial charge >= 0.3 is 0 Å². The second-order valence-corrected chi connectivity index (χ2v) is 4.03. The molecular weight excluding hydrogens is 205 g/mol. The van der Waals surface area contributed by atoms with Gasteiger partial charge in [-0.15, -0.1) is 0 Å². The standard InChI is InChI=1S/C13H20FNO/c1-4-11(5-2)16-13-7-6-10(14)8-12(13)9(3)15/h6-9,11H,4-5,15H2,1-3H3/t9-/m0/s1. The Morgan fingerprint density at radius 3 is 2.44 bits per heavy atom. The highest BCUT2D eigenvalue weighted by atomic mass is 19.1. The van der Waals surface area contributed by atoms with E-state index in [0.29, 0.717) is 5.75 Å². The molecule has 0 amide bonds. The Hall–Kier alpha value is -1.09. The molecule has 2 N–H and O–H groups in total. The summed E-state index contributed by atoms with van der Waals surface area (Å²) in [5.41, 5.74) is 6.52. The third-order valence-electron chi connectivity index (χ3n) is 2.67. The van der Waals surface area contributed by atoms with Gasteiger partial charge in [-0.1, -0.05) is 13.8 Å². The molecule has 1 atom stereocenters. The lowest BCUT2D eigenvalue weighted by molar-refractivity contribution is 0.190. The monoisotopic (exact) mass is 225 g/mol. The van der Waals surface area contributed by atoms with Gasteiger partial charge in [0.2, 0.25) is 0 Å². The van der Waals surface area contributed by atoms with Gasteiger partial charge in [0.15, 0.2) is 0 Å². The first-order chi connectivity index (χ1) is 7.58. The molecule has 0 heterocycles. The average Bonchev–Trinajstić information content (AvgIpc) is 2.27. The summed E-state index contributed by atoms with van der Waals surface area (Å²) in [6.45, 7) is 5.97. The maximum atomic E-state index is 13.1. The van der Waals surface area contributed by atoms with Crippen molar-refractivity contribution in [1.82, 2.24) is 0 Å². The van der Waals surface area contributed by atoms with Crippen LogP contribution in [0.15, 0.2) is 18.2 Å². The molecule has 0 spiro atoms. The van der Waals surface area contributed by atoms with Crippen LogP contribution in [0.3, 0.4) is 0 Å². The highest BCUT2D eigenvalue weighted by Crippen LogP contribution is 2.26. The Bertz CT molecular complexity index is 335. The zero-order valence-electron chi connectivity index (χ0n) is 10.2. The van der Waals surface area contributed by atoms with Gasteiger partial charge in [-0.25, -0.2) is 4.39 Å². The lowest BCUT2D eigenvalue weighted by Crippen LogP contribution is -2.16. The van der Waals surface area contributed by atoms with E-state index in [-0.39, 0.29) is 18.0 Å². The summed E-state index contributed by atoms with van der Waals surface area (Å²) in [5, 5.41) is 0. The molecule has 0 saturated heterocycles. The van der Waals surface area contributed by atoms with Crippen LogP contribution in [0.5, 0.6) is 5.75 Å². The van der Waals surface area contributed by atoms with Crippen molar-refractivity contribution in [1.29, 1.82) is 0 Å². The second-order valence-electron chi connectivity index (χ2n) is 4.03. The van der Waals surface area contributed by atoms with Crippen LogP contribution in [0.4, 0.5) is 4.39 Å². The molecule has 0 aromatic heterocycles. The van der Waals surface area contributed by atoms with Gasteiger partial charge in [-0.3, -0.25) is 0 Å². The summed E-state index contributed by atoms with van der Waals surface area (Å²) < 4.78 is 18.9. The fourth-order valence-electron chi connectivity index (χ4n) is 1.62. The maximum absolute atomic E-state index is 13.1. The van der Waals surface area contributed by atoms with Crippen molar-refractivity contribution in [2.75, 3.05) is 0 Å². The second kappa shape index (κ2) is 5.85. The summed E-state index contributed by atoms with van der Waals surface area (Å²) in [6, 6.07) is 4.29. The number of halogens is 1. The van der Waals surface area contributed by atoms with Gasteiger partial charge in [0.25, 0.3) is 0 Å². The van der Waals surface area contributed by atoms with Crippen molar-refractivity contribution in [3.63, 3.8) is 0 Å². The Labute approximate surface area is 96.6 Å². The van der Waals surface area contributed by atoms with Crippen LogP contribution in [0.1, 0.15) is 45.2 Å². The van der Waals surface area contributed by atoms with Crippen molar-refractivity contribution >= 4 is 0 Å². The van der Waals surface area contributed by atoms with Gasteiger partial charge in [0.05, 0.1) is 6.10 Å². The number of hydrogen-bond acceptors (Lipinski definition) is 2. The minimum atomic E-state index is -0.274. The van der Waals surface area contributed by atoms with E-state index < -0.39 is 0 Å². The molecule has 1 aromatic rings. The molecule has 0 saturated carbocycles. The van der Waals surface area contributed by atoms with E-state index in [1.54, 1.807) is 6.07 Å². The first kappa shape index (κ1) is 13.0. The SMILES string of the molecule is CCC(CC)Oc1ccc(F)cc1[C@H](C)N. The highest BCUT2D eigenvalue weighted by Gasteiger charge is 2.12. The molecule has 0 unspecified atom stereocenters. The van der Waals surface area contributed by atoms with Crippen LogP contribution in [0.25, 0.3) is 0 Å². The average molecular weight is 225 g/mol. The number of benzene rings is 1. The lowest BCUT2D eigenvalue weighted by atomic mass is 10.1. The Morgan fingerprint density at radius 2 is 1.94 bits per heavy atom. The summed E-state index contributed by atoms with van der Waals surface area (Å²) in [4.78, 5) is 0. The van der Waals surface area contributed by atoms with Crippen LogP contribution < -0.4 is 10.5 Å². The predicted molar refractivity (Wildman–Crippen MR) is 64.0 cm³/mol. The van der Waals surface area contributed by atoms with E-state index in [1.165, 1.54) is 12.1 Å². The largest absolute Gasteiger partial charge is 0.490 e.